The molecule has 0 bridgehead atoms. The highest BCUT2D eigenvalue weighted by molar-refractivity contribution is 5.80. The van der Waals surface area contributed by atoms with Gasteiger partial charge in [-0.1, -0.05) is 26.2 Å². The van der Waals surface area contributed by atoms with Gasteiger partial charge in [0, 0.05) is 30.8 Å². The van der Waals surface area contributed by atoms with E-state index in [0.717, 1.165) is 47.1 Å². The number of aromatic nitrogens is 5. The van der Waals surface area contributed by atoms with Gasteiger partial charge in [-0.2, -0.15) is 0 Å². The summed E-state index contributed by atoms with van der Waals surface area (Å²) in [5.74, 6) is 0.867. The minimum Gasteiger partial charge on any atom is -0.396 e. The average Bonchev–Trinajstić information content (AvgIpc) is 3.29. The fraction of sp³-hybridized carbons (Fsp3) is 0.600. The number of aromatic amines is 1. The smallest absolute Gasteiger partial charge is 0.252 e. The molecule has 0 aliphatic heterocycles. The summed E-state index contributed by atoms with van der Waals surface area (Å²) < 4.78 is 2.02. The Kier molecular flexibility index (Phi) is 7.55. The second kappa shape index (κ2) is 10.6. The minimum atomic E-state index is -0.0681. The summed E-state index contributed by atoms with van der Waals surface area (Å²) in [7, 11) is 0. The molecule has 33 heavy (non-hydrogen) atoms. The van der Waals surface area contributed by atoms with E-state index in [2.05, 4.69) is 52.2 Å². The molecule has 0 saturated heterocycles. The van der Waals surface area contributed by atoms with E-state index in [9.17, 15) is 9.90 Å². The van der Waals surface area contributed by atoms with Gasteiger partial charge in [0.15, 0.2) is 5.82 Å². The van der Waals surface area contributed by atoms with E-state index in [1.54, 1.807) is 0 Å². The lowest BCUT2D eigenvalue weighted by Crippen LogP contribution is -2.34. The Hall–Kier alpha value is -2.58. The largest absolute Gasteiger partial charge is 0.396 e. The molecule has 178 valence electrons. The minimum absolute atomic E-state index is 0.0247. The van der Waals surface area contributed by atoms with Crippen LogP contribution in [0.1, 0.15) is 86.5 Å². The van der Waals surface area contributed by atoms with Gasteiger partial charge in [-0.15, -0.1) is 5.10 Å². The third-order valence-electron chi connectivity index (χ3n) is 7.08. The first-order valence-electron chi connectivity index (χ1n) is 12.3. The molecule has 1 atom stereocenters. The van der Waals surface area contributed by atoms with E-state index in [0.29, 0.717) is 25.6 Å². The van der Waals surface area contributed by atoms with E-state index in [1.165, 1.54) is 24.8 Å². The lowest BCUT2D eigenvalue weighted by Gasteiger charge is -2.32. The molecule has 8 heteroatoms. The Balaban J connectivity index is 1.67. The van der Waals surface area contributed by atoms with Gasteiger partial charge in [0.25, 0.3) is 5.56 Å². The van der Waals surface area contributed by atoms with E-state index >= 15 is 0 Å². The molecular weight excluding hydrogens is 416 g/mol. The van der Waals surface area contributed by atoms with E-state index in [-0.39, 0.29) is 18.2 Å². The normalized spacial score (nSPS) is 16.0. The molecule has 3 aromatic rings. The summed E-state index contributed by atoms with van der Waals surface area (Å²) in [4.78, 5) is 18.3. The number of hydrogen-bond donors (Lipinski definition) is 2. The van der Waals surface area contributed by atoms with Crippen LogP contribution in [0.4, 0.5) is 0 Å². The van der Waals surface area contributed by atoms with Gasteiger partial charge in [0.2, 0.25) is 0 Å². The summed E-state index contributed by atoms with van der Waals surface area (Å²) in [6.45, 7) is 7.52. The fourth-order valence-corrected chi connectivity index (χ4v) is 5.09. The number of benzene rings is 1. The number of pyridine rings is 1. The Labute approximate surface area is 195 Å². The van der Waals surface area contributed by atoms with Crippen LogP contribution >= 0.6 is 0 Å². The molecule has 2 heterocycles. The second-order valence-electron chi connectivity index (χ2n) is 9.39. The maximum absolute atomic E-state index is 13.0. The molecule has 0 amide bonds. The molecule has 1 aliphatic rings. The predicted molar refractivity (Wildman–Crippen MR) is 129 cm³/mol. The SMILES string of the molecule is CC[C@@H](c1nnnn1C1CCCCC1)N(CCCO)Cc1cc2cc(C)c(C)cc2[nH]c1=O. The molecule has 1 saturated carbocycles. The summed E-state index contributed by atoms with van der Waals surface area (Å²) >= 11 is 0. The molecule has 2 aromatic heterocycles. The summed E-state index contributed by atoms with van der Waals surface area (Å²) in [5.41, 5.74) is 3.88. The number of nitrogens with one attached hydrogen (secondary N) is 1. The summed E-state index contributed by atoms with van der Waals surface area (Å²) in [5, 5.41) is 23.4. The van der Waals surface area contributed by atoms with Crippen molar-refractivity contribution in [1.82, 2.24) is 30.1 Å². The van der Waals surface area contributed by atoms with Gasteiger partial charge in [-0.3, -0.25) is 9.69 Å². The van der Waals surface area contributed by atoms with Gasteiger partial charge >= 0.3 is 0 Å². The summed E-state index contributed by atoms with van der Waals surface area (Å²) in [6.07, 6.45) is 7.36. The zero-order chi connectivity index (χ0) is 23.4. The number of aliphatic hydroxyl groups is 1. The van der Waals surface area contributed by atoms with Crippen molar-refractivity contribution >= 4 is 10.9 Å². The van der Waals surface area contributed by atoms with Crippen molar-refractivity contribution in [3.63, 3.8) is 0 Å². The molecule has 0 radical (unpaired) electrons. The van der Waals surface area contributed by atoms with Crippen molar-refractivity contribution < 1.29 is 5.11 Å². The first-order valence-corrected chi connectivity index (χ1v) is 12.3. The van der Waals surface area contributed by atoms with Crippen LogP contribution in [-0.2, 0) is 6.54 Å². The molecular formula is C25H36N6O2. The Morgan fingerprint density at radius 1 is 1.18 bits per heavy atom. The van der Waals surface area contributed by atoms with Gasteiger partial charge in [0.05, 0.1) is 12.1 Å². The quantitative estimate of drug-likeness (QED) is 0.510. The number of nitrogens with zero attached hydrogens (tertiary/aromatic N) is 5. The number of tetrazole rings is 1. The second-order valence-corrected chi connectivity index (χ2v) is 9.39. The van der Waals surface area contributed by atoms with Crippen LogP contribution in [0, 0.1) is 13.8 Å². The lowest BCUT2D eigenvalue weighted by atomic mass is 9.95. The first-order chi connectivity index (χ1) is 16.0. The van der Waals surface area contributed by atoms with Crippen molar-refractivity contribution in [2.75, 3.05) is 13.2 Å². The highest BCUT2D eigenvalue weighted by atomic mass is 16.3. The van der Waals surface area contributed by atoms with Crippen LogP contribution in [0.15, 0.2) is 23.0 Å². The Morgan fingerprint density at radius 3 is 2.67 bits per heavy atom. The molecule has 4 rings (SSSR count). The lowest BCUT2D eigenvalue weighted by molar-refractivity contribution is 0.147. The van der Waals surface area contributed by atoms with Gasteiger partial charge in [-0.05, 0) is 84.7 Å². The molecule has 1 aliphatic carbocycles. The Morgan fingerprint density at radius 2 is 1.94 bits per heavy atom. The van der Waals surface area contributed by atoms with Gasteiger partial charge < -0.3 is 10.1 Å². The molecule has 0 spiro atoms. The van der Waals surface area contributed by atoms with Gasteiger partial charge in [0.1, 0.15) is 0 Å². The number of H-pyrrole nitrogens is 1. The standard InChI is InChI=1S/C25H36N6O2/c1-4-23(24-27-28-29-31(24)21-9-6-5-7-10-21)30(11-8-12-32)16-20-15-19-13-17(2)18(3)14-22(19)26-25(20)33/h13-15,21,23,32H,4-12,16H2,1-3H3,(H,26,33)/t23-/m0/s1. The van der Waals surface area contributed by atoms with Crippen molar-refractivity contribution in [3.05, 3.63) is 51.1 Å². The van der Waals surface area contributed by atoms with Crippen LogP contribution in [0.25, 0.3) is 10.9 Å². The van der Waals surface area contributed by atoms with Crippen molar-refractivity contribution in [2.45, 2.75) is 84.3 Å². The van der Waals surface area contributed by atoms with E-state index in [1.807, 2.05) is 16.8 Å². The van der Waals surface area contributed by atoms with Crippen LogP contribution in [0.2, 0.25) is 0 Å². The van der Waals surface area contributed by atoms with Crippen molar-refractivity contribution in [1.29, 1.82) is 0 Å². The number of rotatable bonds is 9. The van der Waals surface area contributed by atoms with Gasteiger partial charge in [-0.25, -0.2) is 4.68 Å². The monoisotopic (exact) mass is 452 g/mol. The highest BCUT2D eigenvalue weighted by Crippen LogP contribution is 2.32. The van der Waals surface area contributed by atoms with Crippen LogP contribution in [0.3, 0.4) is 0 Å². The maximum atomic E-state index is 13.0. The third-order valence-corrected chi connectivity index (χ3v) is 7.08. The molecule has 1 aromatic carbocycles. The van der Waals surface area contributed by atoms with E-state index in [4.69, 9.17) is 0 Å². The molecule has 8 nitrogen and oxygen atoms in total. The first kappa shape index (κ1) is 23.6. The predicted octanol–water partition coefficient (Wildman–Crippen LogP) is 3.97. The zero-order valence-corrected chi connectivity index (χ0v) is 20.0. The van der Waals surface area contributed by atoms with Crippen LogP contribution in [-0.4, -0.2) is 48.3 Å². The van der Waals surface area contributed by atoms with Crippen LogP contribution < -0.4 is 5.56 Å². The molecule has 2 N–H and O–H groups in total. The zero-order valence-electron chi connectivity index (χ0n) is 20.0. The Bertz CT molecular complexity index is 1130. The molecule has 0 unspecified atom stereocenters. The number of fused-ring (bicyclic) bond motifs is 1. The topological polar surface area (TPSA) is 99.9 Å². The maximum Gasteiger partial charge on any atom is 0.252 e. The number of aliphatic hydroxyl groups excluding tert-OH is 1. The summed E-state index contributed by atoms with van der Waals surface area (Å²) in [6, 6.07) is 6.48. The van der Waals surface area contributed by atoms with Crippen molar-refractivity contribution in [2.24, 2.45) is 0 Å². The number of hydrogen-bond acceptors (Lipinski definition) is 6. The molecule has 1 fully saturated rings. The van der Waals surface area contributed by atoms with Crippen molar-refractivity contribution in [3.8, 4) is 0 Å². The average molecular weight is 453 g/mol. The third kappa shape index (κ3) is 5.17. The van der Waals surface area contributed by atoms with E-state index < -0.39 is 0 Å². The van der Waals surface area contributed by atoms with Crippen LogP contribution in [0.5, 0.6) is 0 Å². The highest BCUT2D eigenvalue weighted by Gasteiger charge is 2.28. The number of aryl methyl sites for hydroxylation is 2. The fourth-order valence-electron chi connectivity index (χ4n) is 5.09.